The lowest BCUT2D eigenvalue weighted by Crippen LogP contribution is -2.51. The summed E-state index contributed by atoms with van der Waals surface area (Å²) >= 11 is 1.98. The van der Waals surface area contributed by atoms with Crippen LogP contribution in [0.3, 0.4) is 0 Å². The third-order valence-corrected chi connectivity index (χ3v) is 7.77. The van der Waals surface area contributed by atoms with Crippen molar-refractivity contribution in [3.8, 4) is 0 Å². The minimum absolute atomic E-state index is 0.109. The van der Waals surface area contributed by atoms with E-state index in [-0.39, 0.29) is 5.60 Å². The van der Waals surface area contributed by atoms with Crippen molar-refractivity contribution >= 4 is 11.3 Å². The highest BCUT2D eigenvalue weighted by Gasteiger charge is 2.44. The number of likely N-dealkylation sites (tertiary alicyclic amines) is 1. The van der Waals surface area contributed by atoms with Crippen molar-refractivity contribution in [2.75, 3.05) is 26.2 Å². The molecule has 0 aromatic carbocycles. The molecule has 4 heterocycles. The molecule has 8 heteroatoms. The van der Waals surface area contributed by atoms with Crippen molar-refractivity contribution < 1.29 is 4.74 Å². The van der Waals surface area contributed by atoms with Gasteiger partial charge in [-0.1, -0.05) is 6.92 Å². The van der Waals surface area contributed by atoms with Gasteiger partial charge in [0.05, 0.1) is 23.6 Å². The lowest BCUT2D eigenvalue weighted by molar-refractivity contribution is -0.109. The van der Waals surface area contributed by atoms with E-state index in [1.54, 1.807) is 23.5 Å². The summed E-state index contributed by atoms with van der Waals surface area (Å²) in [5.41, 5.74) is 6.18. The van der Waals surface area contributed by atoms with E-state index in [2.05, 4.69) is 45.5 Å². The van der Waals surface area contributed by atoms with Crippen molar-refractivity contribution in [3.63, 3.8) is 0 Å². The number of nitrogens with zero attached hydrogens (tertiary/aromatic N) is 3. The first-order valence-corrected chi connectivity index (χ1v) is 12.1. The Balaban J connectivity index is 1.34. The quantitative estimate of drug-likeness (QED) is 0.329. The molecule has 7 nitrogen and oxygen atoms in total. The molecule has 4 N–H and O–H groups in total. The fourth-order valence-corrected chi connectivity index (χ4v) is 5.89. The van der Waals surface area contributed by atoms with Crippen molar-refractivity contribution in [1.82, 2.24) is 25.6 Å². The number of hydrogen-bond acceptors (Lipinski definition) is 8. The number of nitrogens with two attached hydrogens (primary N) is 1. The third kappa shape index (κ3) is 5.09. The van der Waals surface area contributed by atoms with Crippen LogP contribution >= 0.6 is 11.3 Å². The highest BCUT2D eigenvalue weighted by atomic mass is 32.1. The normalized spacial score (nSPS) is 24.2. The molecule has 31 heavy (non-hydrogen) atoms. The fraction of sp³-hybridized carbons (Fsp3) is 0.565. The Hall–Kier alpha value is -2.00. The Morgan fingerprint density at radius 3 is 3.10 bits per heavy atom. The predicted molar refractivity (Wildman–Crippen MR) is 124 cm³/mol. The van der Waals surface area contributed by atoms with E-state index < -0.39 is 0 Å². The van der Waals surface area contributed by atoms with Crippen LogP contribution in [0.2, 0.25) is 0 Å². The number of aryl methyl sites for hydroxylation is 1. The Labute approximate surface area is 189 Å². The van der Waals surface area contributed by atoms with Gasteiger partial charge in [-0.25, -0.2) is 0 Å². The lowest BCUT2D eigenvalue weighted by atomic mass is 9.79. The molecular formula is C23H34N6OS. The summed E-state index contributed by atoms with van der Waals surface area (Å²) in [5, 5.41) is 3.35. The van der Waals surface area contributed by atoms with Gasteiger partial charge in [0.15, 0.2) is 0 Å². The fourth-order valence-electron chi connectivity index (χ4n) is 4.72. The monoisotopic (exact) mass is 442 g/mol. The van der Waals surface area contributed by atoms with E-state index in [9.17, 15) is 0 Å². The topological polar surface area (TPSA) is 88.3 Å². The van der Waals surface area contributed by atoms with Gasteiger partial charge in [0.25, 0.3) is 0 Å². The second-order valence-corrected chi connectivity index (χ2v) is 9.71. The number of thiophene rings is 1. The average Bonchev–Trinajstić information content (AvgIpc) is 3.23. The van der Waals surface area contributed by atoms with E-state index >= 15 is 0 Å². The van der Waals surface area contributed by atoms with Crippen molar-refractivity contribution in [3.05, 3.63) is 57.6 Å². The Morgan fingerprint density at radius 2 is 2.35 bits per heavy atom. The van der Waals surface area contributed by atoms with Crippen molar-refractivity contribution in [2.24, 2.45) is 5.84 Å². The zero-order chi connectivity index (χ0) is 21.7. The van der Waals surface area contributed by atoms with Gasteiger partial charge in [-0.3, -0.25) is 20.7 Å². The van der Waals surface area contributed by atoms with Gasteiger partial charge in [-0.2, -0.15) is 0 Å². The molecule has 168 valence electrons. The van der Waals surface area contributed by atoms with Crippen LogP contribution in [0.5, 0.6) is 0 Å². The number of fused-ring (bicyclic) bond motifs is 2. The molecule has 2 aliphatic heterocycles. The van der Waals surface area contributed by atoms with Crippen molar-refractivity contribution in [2.45, 2.75) is 57.6 Å². The van der Waals surface area contributed by atoms with E-state index in [0.717, 1.165) is 69.7 Å². The van der Waals surface area contributed by atoms with E-state index in [1.165, 1.54) is 10.4 Å². The summed E-state index contributed by atoms with van der Waals surface area (Å²) in [6.07, 6.45) is 12.2. The Kier molecular flexibility index (Phi) is 7.22. The maximum atomic E-state index is 6.46. The molecule has 2 aliphatic rings. The summed E-state index contributed by atoms with van der Waals surface area (Å²) in [6, 6.07) is 2.83. The molecule has 0 aliphatic carbocycles. The summed E-state index contributed by atoms with van der Waals surface area (Å²) in [6.45, 7) is 7.97. The number of piperidine rings is 1. The van der Waals surface area contributed by atoms with Crippen LogP contribution in [0.25, 0.3) is 0 Å². The highest BCUT2D eigenvalue weighted by Crippen LogP contribution is 2.46. The largest absolute Gasteiger partial charge is 0.389 e. The van der Waals surface area contributed by atoms with Gasteiger partial charge in [-0.05, 0) is 37.8 Å². The predicted octanol–water partition coefficient (Wildman–Crippen LogP) is 2.49. The van der Waals surface area contributed by atoms with Gasteiger partial charge in [0.1, 0.15) is 0 Å². The lowest BCUT2D eigenvalue weighted by Gasteiger charge is -2.47. The molecule has 1 saturated heterocycles. The Bertz CT molecular complexity index is 885. The molecule has 4 rings (SSSR count). The minimum atomic E-state index is -0.109. The standard InChI is InChI=1S/C23H34N6OS/c1-3-20-12-21-22(31-20)5-11-30-23(21)6-10-29(17(2)13-23)16-19(28-24)15-25-7-4-18-14-26-8-9-27-18/h8-9,12,14-15,17,25,28H,3-7,10-11,13,16,24H2,1-2H3/b19-15-/t17-,23+/m0/s1. The first-order chi connectivity index (χ1) is 15.1. The zero-order valence-corrected chi connectivity index (χ0v) is 19.4. The molecule has 2 aromatic rings. The van der Waals surface area contributed by atoms with Crippen LogP contribution < -0.4 is 16.6 Å². The number of ether oxygens (including phenoxy) is 1. The smallest absolute Gasteiger partial charge is 0.0969 e. The minimum Gasteiger partial charge on any atom is -0.389 e. The molecule has 1 fully saturated rings. The molecule has 0 unspecified atom stereocenters. The molecular weight excluding hydrogens is 408 g/mol. The van der Waals surface area contributed by atoms with Crippen LogP contribution in [-0.4, -0.2) is 47.2 Å². The van der Waals surface area contributed by atoms with Crippen LogP contribution in [0, 0.1) is 0 Å². The van der Waals surface area contributed by atoms with E-state index in [1.807, 2.05) is 17.5 Å². The van der Waals surface area contributed by atoms with Gasteiger partial charge in [0.2, 0.25) is 0 Å². The van der Waals surface area contributed by atoms with Gasteiger partial charge >= 0.3 is 0 Å². The van der Waals surface area contributed by atoms with Crippen LogP contribution in [0.15, 0.2) is 36.6 Å². The first kappa shape index (κ1) is 22.2. The summed E-state index contributed by atoms with van der Waals surface area (Å²) in [5.74, 6) is 5.82. The second kappa shape index (κ2) is 10.1. The summed E-state index contributed by atoms with van der Waals surface area (Å²) in [7, 11) is 0. The van der Waals surface area contributed by atoms with Crippen LogP contribution in [0.1, 0.15) is 47.7 Å². The van der Waals surface area contributed by atoms with Crippen LogP contribution in [-0.2, 0) is 29.6 Å². The third-order valence-electron chi connectivity index (χ3n) is 6.44. The number of hydrogen-bond donors (Lipinski definition) is 3. The maximum absolute atomic E-state index is 6.46. The molecule has 1 spiro atoms. The Morgan fingerprint density at radius 1 is 1.45 bits per heavy atom. The maximum Gasteiger partial charge on any atom is 0.0969 e. The zero-order valence-electron chi connectivity index (χ0n) is 18.6. The molecule has 0 bridgehead atoms. The highest BCUT2D eigenvalue weighted by molar-refractivity contribution is 7.12. The van der Waals surface area contributed by atoms with Crippen LogP contribution in [0.4, 0.5) is 0 Å². The number of rotatable bonds is 8. The molecule has 0 amide bonds. The van der Waals surface area contributed by atoms with Gasteiger partial charge in [-0.15, -0.1) is 11.3 Å². The number of nitrogens with one attached hydrogen (secondary N) is 2. The average molecular weight is 443 g/mol. The molecule has 2 aromatic heterocycles. The van der Waals surface area contributed by atoms with Crippen molar-refractivity contribution in [1.29, 1.82) is 0 Å². The SMILES string of the molecule is CCc1cc2c(s1)CCO[C@@]21CCN(C/C(=C/NCCc2cnccn2)NN)[C@@H](C)C1. The number of hydrazine groups is 1. The van der Waals surface area contributed by atoms with Gasteiger partial charge in [0, 0.05) is 73.1 Å². The second-order valence-electron chi connectivity index (χ2n) is 8.48. The first-order valence-electron chi connectivity index (χ1n) is 11.3. The summed E-state index contributed by atoms with van der Waals surface area (Å²) in [4.78, 5) is 13.9. The molecule has 0 saturated carbocycles. The molecule has 2 atom stereocenters. The van der Waals surface area contributed by atoms with E-state index in [4.69, 9.17) is 10.6 Å². The van der Waals surface area contributed by atoms with Gasteiger partial charge < -0.3 is 15.5 Å². The van der Waals surface area contributed by atoms with E-state index in [0.29, 0.717) is 6.04 Å². The summed E-state index contributed by atoms with van der Waals surface area (Å²) < 4.78 is 6.46. The number of aromatic nitrogens is 2. The molecule has 0 radical (unpaired) electrons.